The number of H-pyrrole nitrogens is 1. The summed E-state index contributed by atoms with van der Waals surface area (Å²) in [5.41, 5.74) is 7.02. The van der Waals surface area contributed by atoms with E-state index in [1.807, 2.05) is 43.3 Å². The Kier molecular flexibility index (Phi) is 8.19. The summed E-state index contributed by atoms with van der Waals surface area (Å²) >= 11 is 0. The van der Waals surface area contributed by atoms with Gasteiger partial charge in [0.05, 0.1) is 44.0 Å². The number of esters is 1. The highest BCUT2D eigenvalue weighted by Gasteiger charge is 2.24. The van der Waals surface area contributed by atoms with Gasteiger partial charge < -0.3 is 23.9 Å². The molecule has 212 valence electrons. The van der Waals surface area contributed by atoms with Gasteiger partial charge in [0, 0.05) is 5.56 Å². The molecule has 0 aliphatic heterocycles. The van der Waals surface area contributed by atoms with E-state index in [2.05, 4.69) is 15.5 Å². The molecular weight excluding hydrogens is 534 g/mol. The number of rotatable bonds is 9. The first-order chi connectivity index (χ1) is 20.4. The molecule has 0 spiro atoms. The molecule has 0 atom stereocenters. The van der Waals surface area contributed by atoms with E-state index in [0.717, 1.165) is 16.5 Å². The molecule has 0 saturated carbocycles. The van der Waals surface area contributed by atoms with Gasteiger partial charge in [-0.25, -0.2) is 10.2 Å². The third-order valence-electron chi connectivity index (χ3n) is 6.63. The van der Waals surface area contributed by atoms with Crippen molar-refractivity contribution in [2.75, 3.05) is 21.3 Å². The van der Waals surface area contributed by atoms with Gasteiger partial charge >= 0.3 is 5.97 Å². The van der Waals surface area contributed by atoms with Crippen LogP contribution in [0.1, 0.15) is 32.0 Å². The number of aromatic nitrogens is 1. The van der Waals surface area contributed by atoms with Crippen LogP contribution >= 0.6 is 0 Å². The lowest BCUT2D eigenvalue weighted by molar-refractivity contribution is 0.0729. The monoisotopic (exact) mass is 563 g/mol. The Morgan fingerprint density at radius 3 is 2.21 bits per heavy atom. The fourth-order valence-electron chi connectivity index (χ4n) is 4.65. The van der Waals surface area contributed by atoms with Crippen LogP contribution in [0.15, 0.2) is 90.0 Å². The van der Waals surface area contributed by atoms with Crippen LogP contribution in [0.3, 0.4) is 0 Å². The fraction of sp³-hybridized carbons (Fsp3) is 0.121. The van der Waals surface area contributed by atoms with Gasteiger partial charge in [0.2, 0.25) is 0 Å². The molecule has 0 bridgehead atoms. The number of carbonyl (C=O) groups is 2. The lowest BCUT2D eigenvalue weighted by Crippen LogP contribution is -2.19. The third kappa shape index (κ3) is 5.66. The second kappa shape index (κ2) is 12.3. The highest BCUT2D eigenvalue weighted by molar-refractivity contribution is 6.13. The lowest BCUT2D eigenvalue weighted by atomic mass is 10.0. The second-order valence-electron chi connectivity index (χ2n) is 9.33. The summed E-state index contributed by atoms with van der Waals surface area (Å²) in [7, 11) is 4.62. The highest BCUT2D eigenvalue weighted by Crippen LogP contribution is 2.42. The number of hydrogen-bond acceptors (Lipinski definition) is 7. The molecule has 42 heavy (non-hydrogen) atoms. The van der Waals surface area contributed by atoms with Crippen molar-refractivity contribution in [1.82, 2.24) is 10.4 Å². The predicted octanol–water partition coefficient (Wildman–Crippen LogP) is 6.15. The van der Waals surface area contributed by atoms with Gasteiger partial charge in [-0.05, 0) is 60.5 Å². The molecule has 0 fully saturated rings. The molecular formula is C33H29N3O6. The van der Waals surface area contributed by atoms with Crippen molar-refractivity contribution in [3.05, 3.63) is 107 Å². The molecule has 5 aromatic rings. The molecule has 1 aromatic heterocycles. The Bertz CT molecular complexity index is 1790. The van der Waals surface area contributed by atoms with E-state index in [1.54, 1.807) is 62.8 Å². The summed E-state index contributed by atoms with van der Waals surface area (Å²) in [6.45, 7) is 1.90. The standard InChI is InChI=1S/C33H29N3O6/c1-20-9-8-12-23(17-20)33(38)42-24-14-13-21(18-27(24)41-4)19-34-36-32(37)31-28(22-10-6-5-7-11-22)29-25(39-2)15-16-26(40-3)30(29)35-31/h5-19,35H,1-4H3,(H,36,37). The number of nitrogens with one attached hydrogen (secondary N) is 2. The molecule has 0 aliphatic carbocycles. The molecule has 0 radical (unpaired) electrons. The number of nitrogens with zero attached hydrogens (tertiary/aromatic N) is 1. The molecule has 2 N–H and O–H groups in total. The minimum atomic E-state index is -0.494. The lowest BCUT2D eigenvalue weighted by Gasteiger charge is -2.10. The van der Waals surface area contributed by atoms with Crippen LogP contribution in [-0.2, 0) is 0 Å². The molecule has 0 aliphatic rings. The number of hydrazone groups is 1. The first-order valence-electron chi connectivity index (χ1n) is 13.1. The molecule has 9 nitrogen and oxygen atoms in total. The second-order valence-corrected chi connectivity index (χ2v) is 9.33. The van der Waals surface area contributed by atoms with E-state index in [9.17, 15) is 9.59 Å². The molecule has 1 amide bonds. The van der Waals surface area contributed by atoms with Crippen molar-refractivity contribution in [3.8, 4) is 34.1 Å². The van der Waals surface area contributed by atoms with Crippen molar-refractivity contribution in [2.45, 2.75) is 6.92 Å². The molecule has 0 unspecified atom stereocenters. The van der Waals surface area contributed by atoms with E-state index in [-0.39, 0.29) is 5.75 Å². The van der Waals surface area contributed by atoms with Crippen LogP contribution in [0.4, 0.5) is 0 Å². The minimum Gasteiger partial charge on any atom is -0.496 e. The third-order valence-corrected chi connectivity index (χ3v) is 6.63. The number of aromatic amines is 1. The largest absolute Gasteiger partial charge is 0.496 e. The summed E-state index contributed by atoms with van der Waals surface area (Å²) in [6, 6.07) is 25.2. The average molecular weight is 564 g/mol. The SMILES string of the molecule is COc1cc(C=NNC(=O)c2[nH]c3c(OC)ccc(OC)c3c2-c2ccccc2)ccc1OC(=O)c1cccc(C)c1. The Hall–Kier alpha value is -5.57. The first-order valence-corrected chi connectivity index (χ1v) is 13.1. The van der Waals surface area contributed by atoms with Gasteiger partial charge in [0.1, 0.15) is 17.2 Å². The van der Waals surface area contributed by atoms with E-state index in [4.69, 9.17) is 18.9 Å². The van der Waals surface area contributed by atoms with Crippen molar-refractivity contribution >= 4 is 29.0 Å². The number of fused-ring (bicyclic) bond motifs is 1. The number of methoxy groups -OCH3 is 3. The van der Waals surface area contributed by atoms with Gasteiger partial charge in [-0.2, -0.15) is 5.10 Å². The molecule has 5 rings (SSSR count). The summed E-state index contributed by atoms with van der Waals surface area (Å²) in [6.07, 6.45) is 1.47. The normalized spacial score (nSPS) is 11.0. The van der Waals surface area contributed by atoms with Gasteiger partial charge in [-0.1, -0.05) is 48.0 Å². The number of carbonyl (C=O) groups excluding carboxylic acids is 2. The van der Waals surface area contributed by atoms with Crippen LogP contribution < -0.4 is 24.4 Å². The Morgan fingerprint density at radius 2 is 1.50 bits per heavy atom. The number of amides is 1. The van der Waals surface area contributed by atoms with Gasteiger partial charge in [-0.3, -0.25) is 4.79 Å². The molecule has 0 saturated heterocycles. The average Bonchev–Trinajstić information content (AvgIpc) is 3.42. The maximum atomic E-state index is 13.4. The molecule has 1 heterocycles. The van der Waals surface area contributed by atoms with Crippen molar-refractivity contribution in [2.24, 2.45) is 5.10 Å². The van der Waals surface area contributed by atoms with Crippen LogP contribution in [0.2, 0.25) is 0 Å². The summed E-state index contributed by atoms with van der Waals surface area (Å²) in [5.74, 6) is 0.818. The fourth-order valence-corrected chi connectivity index (χ4v) is 4.65. The van der Waals surface area contributed by atoms with Crippen LogP contribution in [0.25, 0.3) is 22.0 Å². The Balaban J connectivity index is 1.40. The molecule has 9 heteroatoms. The topological polar surface area (TPSA) is 111 Å². The zero-order valence-electron chi connectivity index (χ0n) is 23.6. The van der Waals surface area contributed by atoms with Crippen LogP contribution in [0.5, 0.6) is 23.0 Å². The number of ether oxygens (including phenoxy) is 4. The van der Waals surface area contributed by atoms with E-state index < -0.39 is 11.9 Å². The van der Waals surface area contributed by atoms with Crippen molar-refractivity contribution in [1.29, 1.82) is 0 Å². The molecule has 4 aromatic carbocycles. The van der Waals surface area contributed by atoms with Gasteiger partial charge in [-0.15, -0.1) is 0 Å². The van der Waals surface area contributed by atoms with Crippen molar-refractivity contribution in [3.63, 3.8) is 0 Å². The Labute approximate surface area is 242 Å². The quantitative estimate of drug-likeness (QED) is 0.0963. The Morgan fingerprint density at radius 1 is 0.786 bits per heavy atom. The van der Waals surface area contributed by atoms with E-state index in [1.165, 1.54) is 13.3 Å². The highest BCUT2D eigenvalue weighted by atomic mass is 16.6. The van der Waals surface area contributed by atoms with Gasteiger partial charge in [0.25, 0.3) is 5.91 Å². The first kappa shape index (κ1) is 28.0. The van der Waals surface area contributed by atoms with Crippen LogP contribution in [-0.4, -0.2) is 44.4 Å². The van der Waals surface area contributed by atoms with E-state index in [0.29, 0.717) is 45.1 Å². The summed E-state index contributed by atoms with van der Waals surface area (Å²) in [4.78, 5) is 29.2. The maximum absolute atomic E-state index is 13.4. The van der Waals surface area contributed by atoms with Gasteiger partial charge in [0.15, 0.2) is 11.5 Å². The summed E-state index contributed by atoms with van der Waals surface area (Å²) in [5, 5.41) is 4.88. The number of aryl methyl sites for hydroxylation is 1. The zero-order chi connectivity index (χ0) is 29.6. The summed E-state index contributed by atoms with van der Waals surface area (Å²) < 4.78 is 22.2. The van der Waals surface area contributed by atoms with Crippen LogP contribution in [0, 0.1) is 6.92 Å². The number of benzene rings is 4. The smallest absolute Gasteiger partial charge is 0.343 e. The maximum Gasteiger partial charge on any atom is 0.343 e. The van der Waals surface area contributed by atoms with E-state index >= 15 is 0 Å². The zero-order valence-corrected chi connectivity index (χ0v) is 23.6. The minimum absolute atomic E-state index is 0.263. The predicted molar refractivity (Wildman–Crippen MR) is 161 cm³/mol. The number of hydrogen-bond donors (Lipinski definition) is 2. The van der Waals surface area contributed by atoms with Crippen molar-refractivity contribution < 1.29 is 28.5 Å².